The second-order valence-corrected chi connectivity index (χ2v) is 10.6. The molecule has 11 nitrogen and oxygen atoms in total. The van der Waals surface area contributed by atoms with E-state index in [0.29, 0.717) is 11.1 Å². The normalized spacial score (nSPS) is 23.1. The Kier molecular flexibility index (Phi) is 6.43. The number of nitro groups is 1. The molecule has 2 amide bonds. The smallest absolute Gasteiger partial charge is 0.330 e. The van der Waals surface area contributed by atoms with E-state index < -0.39 is 51.0 Å². The van der Waals surface area contributed by atoms with Crippen LogP contribution in [0.25, 0.3) is 0 Å². The highest BCUT2D eigenvalue weighted by Gasteiger charge is 2.64. The summed E-state index contributed by atoms with van der Waals surface area (Å²) in [7, 11) is 0. The van der Waals surface area contributed by atoms with Crippen molar-refractivity contribution in [3.05, 3.63) is 69.8 Å². The Morgan fingerprint density at radius 3 is 2.46 bits per heavy atom. The van der Waals surface area contributed by atoms with E-state index in [4.69, 9.17) is 10.5 Å². The number of nitro benzene ring substituents is 1. The van der Waals surface area contributed by atoms with Crippen molar-refractivity contribution in [1.82, 2.24) is 10.2 Å². The first-order valence-electron chi connectivity index (χ1n) is 10.7. The Morgan fingerprint density at radius 1 is 1.23 bits per heavy atom. The Labute approximate surface area is 204 Å². The molecule has 2 fully saturated rings. The fraction of sp³-hybridized carbons (Fsp3) is 0.348. The zero-order valence-corrected chi connectivity index (χ0v) is 19.7. The Bertz CT molecular complexity index is 1170. The lowest BCUT2D eigenvalue weighted by Gasteiger charge is -2.44. The minimum absolute atomic E-state index is 0.0438. The van der Waals surface area contributed by atoms with Crippen molar-refractivity contribution in [2.45, 2.75) is 48.7 Å². The highest BCUT2D eigenvalue weighted by atomic mass is 32.2. The van der Waals surface area contributed by atoms with E-state index in [1.54, 1.807) is 0 Å². The predicted molar refractivity (Wildman–Crippen MR) is 126 cm³/mol. The number of thioether (sulfide) groups is 1. The molecule has 0 bridgehead atoms. The third-order valence-corrected chi connectivity index (χ3v) is 7.60. The lowest BCUT2D eigenvalue weighted by atomic mass is 9.95. The fourth-order valence-corrected chi connectivity index (χ4v) is 5.77. The summed E-state index contributed by atoms with van der Waals surface area (Å²) in [6.07, 6.45) is 0. The zero-order chi connectivity index (χ0) is 25.5. The topological polar surface area (TPSA) is 165 Å². The number of nitrogens with one attached hydrogen (secondary N) is 1. The van der Waals surface area contributed by atoms with Gasteiger partial charge in [0.05, 0.1) is 4.92 Å². The SMILES string of the molecule is CC1(C)S[C@@H]2[C@H](NC(=O)C(N)c3ccc(O)cc3)C(=O)N2[C@H]1C(=O)OCc1ccc([N+](=O)[O-])cc1. The molecule has 4 rings (SSSR count). The number of phenols is 1. The van der Waals surface area contributed by atoms with Crippen molar-refractivity contribution in [2.24, 2.45) is 5.73 Å². The van der Waals surface area contributed by atoms with Crippen LogP contribution in [0.2, 0.25) is 0 Å². The minimum atomic E-state index is -1.03. The van der Waals surface area contributed by atoms with E-state index >= 15 is 0 Å². The minimum Gasteiger partial charge on any atom is -0.508 e. The highest BCUT2D eigenvalue weighted by molar-refractivity contribution is 8.01. The standard InChI is InChI=1S/C23H24N4O7S/c1-23(2)18(22(31)34-11-12-3-7-14(8-4-12)27(32)33)26-20(30)17(21(26)35-23)25-19(29)16(24)13-5-9-15(28)10-6-13/h3-10,16-18,21,28H,11,24H2,1-2H3,(H,25,29)/t16?,17-,18+,21-/m1/s1. The van der Waals surface area contributed by atoms with Crippen LogP contribution < -0.4 is 11.1 Å². The number of nitrogens with zero attached hydrogens (tertiary/aromatic N) is 2. The number of benzene rings is 2. The van der Waals surface area contributed by atoms with E-state index in [1.807, 2.05) is 13.8 Å². The monoisotopic (exact) mass is 500 g/mol. The van der Waals surface area contributed by atoms with Crippen molar-refractivity contribution in [2.75, 3.05) is 0 Å². The lowest BCUT2D eigenvalue weighted by Crippen LogP contribution is -2.71. The predicted octanol–water partition coefficient (Wildman–Crippen LogP) is 1.59. The molecule has 0 saturated carbocycles. The number of aromatic hydroxyl groups is 1. The molecule has 2 aliphatic heterocycles. The van der Waals surface area contributed by atoms with Crippen LogP contribution in [0, 0.1) is 10.1 Å². The van der Waals surface area contributed by atoms with Crippen molar-refractivity contribution < 1.29 is 29.2 Å². The molecule has 12 heteroatoms. The third kappa shape index (κ3) is 4.66. The second kappa shape index (κ2) is 9.19. The van der Waals surface area contributed by atoms with Gasteiger partial charge in [0.2, 0.25) is 11.8 Å². The molecule has 0 spiro atoms. The number of amides is 2. The third-order valence-electron chi connectivity index (χ3n) is 6.02. The number of phenolic OH excluding ortho intramolecular Hbond substituents is 1. The average molecular weight is 501 g/mol. The molecule has 35 heavy (non-hydrogen) atoms. The second-order valence-electron chi connectivity index (χ2n) is 8.85. The van der Waals surface area contributed by atoms with Gasteiger partial charge in [-0.3, -0.25) is 19.7 Å². The van der Waals surface area contributed by atoms with E-state index in [2.05, 4.69) is 5.32 Å². The van der Waals surface area contributed by atoms with Gasteiger partial charge in [0.1, 0.15) is 35.9 Å². The van der Waals surface area contributed by atoms with Gasteiger partial charge in [-0.05, 0) is 49.2 Å². The summed E-state index contributed by atoms with van der Waals surface area (Å²) in [5.74, 6) is -1.50. The maximum absolute atomic E-state index is 12.9. The van der Waals surface area contributed by atoms with Gasteiger partial charge in [-0.2, -0.15) is 0 Å². The lowest BCUT2D eigenvalue weighted by molar-refractivity contribution is -0.384. The number of carbonyl (C=O) groups is 3. The van der Waals surface area contributed by atoms with Gasteiger partial charge in [0, 0.05) is 16.9 Å². The van der Waals surface area contributed by atoms with Gasteiger partial charge in [-0.25, -0.2) is 4.79 Å². The first-order valence-corrected chi connectivity index (χ1v) is 11.6. The molecule has 2 aliphatic rings. The summed E-state index contributed by atoms with van der Waals surface area (Å²) >= 11 is 1.38. The molecule has 0 aliphatic carbocycles. The highest BCUT2D eigenvalue weighted by Crippen LogP contribution is 2.51. The molecule has 2 aromatic rings. The van der Waals surface area contributed by atoms with Crippen LogP contribution in [0.5, 0.6) is 5.75 Å². The zero-order valence-electron chi connectivity index (χ0n) is 18.9. The van der Waals surface area contributed by atoms with Crippen LogP contribution >= 0.6 is 11.8 Å². The Hall–Kier alpha value is -3.64. The number of fused-ring (bicyclic) bond motifs is 1. The molecule has 184 valence electrons. The van der Waals surface area contributed by atoms with Crippen LogP contribution in [-0.4, -0.2) is 54.9 Å². The van der Waals surface area contributed by atoms with Crippen LogP contribution in [0.3, 0.4) is 0 Å². The first kappa shape index (κ1) is 24.5. The number of hydrogen-bond acceptors (Lipinski definition) is 9. The number of ether oxygens (including phenoxy) is 1. The molecule has 2 heterocycles. The van der Waals surface area contributed by atoms with Crippen molar-refractivity contribution in [3.63, 3.8) is 0 Å². The molecule has 4 atom stereocenters. The molecule has 2 saturated heterocycles. The summed E-state index contributed by atoms with van der Waals surface area (Å²) in [5.41, 5.74) is 7.00. The molecule has 0 aromatic heterocycles. The average Bonchev–Trinajstić information content (AvgIpc) is 3.08. The molecule has 4 N–H and O–H groups in total. The van der Waals surface area contributed by atoms with Crippen LogP contribution in [0.15, 0.2) is 48.5 Å². The maximum Gasteiger partial charge on any atom is 0.330 e. The summed E-state index contributed by atoms with van der Waals surface area (Å²) in [6, 6.07) is 8.82. The molecule has 2 aromatic carbocycles. The Balaban J connectivity index is 1.39. The largest absolute Gasteiger partial charge is 0.508 e. The number of rotatable bonds is 7. The van der Waals surface area contributed by atoms with E-state index in [0.717, 1.165) is 0 Å². The van der Waals surface area contributed by atoms with Gasteiger partial charge in [0.25, 0.3) is 5.69 Å². The molecular weight excluding hydrogens is 476 g/mol. The van der Waals surface area contributed by atoms with Crippen LogP contribution in [-0.2, 0) is 25.7 Å². The van der Waals surface area contributed by atoms with Gasteiger partial charge in [-0.1, -0.05) is 12.1 Å². The first-order chi connectivity index (χ1) is 16.5. The Morgan fingerprint density at radius 2 is 1.86 bits per heavy atom. The number of hydrogen-bond donors (Lipinski definition) is 3. The van der Waals surface area contributed by atoms with E-state index in [9.17, 15) is 29.6 Å². The summed E-state index contributed by atoms with van der Waals surface area (Å²) in [4.78, 5) is 50.2. The van der Waals surface area contributed by atoms with Crippen LogP contribution in [0.1, 0.15) is 31.0 Å². The number of non-ortho nitro benzene ring substituents is 1. The fourth-order valence-electron chi connectivity index (χ4n) is 4.15. The summed E-state index contributed by atoms with van der Waals surface area (Å²) in [6.45, 7) is 3.55. The summed E-state index contributed by atoms with van der Waals surface area (Å²) < 4.78 is 4.75. The van der Waals surface area contributed by atoms with E-state index in [-0.39, 0.29) is 18.0 Å². The van der Waals surface area contributed by atoms with Crippen molar-refractivity contribution in [1.29, 1.82) is 0 Å². The van der Waals surface area contributed by atoms with Gasteiger partial charge >= 0.3 is 5.97 Å². The molecule has 1 unspecified atom stereocenters. The number of β-lactam (4-membered cyclic amide) rings is 1. The van der Waals surface area contributed by atoms with Crippen molar-refractivity contribution >= 4 is 35.2 Å². The van der Waals surface area contributed by atoms with Crippen molar-refractivity contribution in [3.8, 4) is 5.75 Å². The number of nitrogens with two attached hydrogens (primary N) is 1. The van der Waals surface area contributed by atoms with Gasteiger partial charge in [0.15, 0.2) is 0 Å². The van der Waals surface area contributed by atoms with E-state index in [1.165, 1.54) is 65.2 Å². The molecule has 0 radical (unpaired) electrons. The maximum atomic E-state index is 12.9. The molecular formula is C23H24N4O7S. The van der Waals surface area contributed by atoms with Gasteiger partial charge in [-0.15, -0.1) is 11.8 Å². The summed E-state index contributed by atoms with van der Waals surface area (Å²) in [5, 5.41) is 22.4. The van der Waals surface area contributed by atoms with Crippen LogP contribution in [0.4, 0.5) is 5.69 Å². The number of esters is 1. The van der Waals surface area contributed by atoms with Gasteiger partial charge < -0.3 is 25.8 Å². The number of carbonyl (C=O) groups excluding carboxylic acids is 3. The quantitative estimate of drug-likeness (QED) is 0.221.